The van der Waals surface area contributed by atoms with Crippen LogP contribution in [0.5, 0.6) is 0 Å². The Morgan fingerprint density at radius 2 is 1.69 bits per heavy atom. The zero-order valence-electron chi connectivity index (χ0n) is 9.95. The summed E-state index contributed by atoms with van der Waals surface area (Å²) in [5.41, 5.74) is 1.35. The first-order valence-electron chi connectivity index (χ1n) is 5.48. The minimum absolute atomic E-state index is 0.0533. The smallest absolute Gasteiger partial charge is 0.0469 e. The molecule has 0 aliphatic carbocycles. The van der Waals surface area contributed by atoms with E-state index in [9.17, 15) is 0 Å². The summed E-state index contributed by atoms with van der Waals surface area (Å²) in [6.45, 7) is 4.40. The molecular weight excluding hydrogens is 214 g/mol. The van der Waals surface area contributed by atoms with Crippen molar-refractivity contribution in [1.82, 2.24) is 5.32 Å². The standard InChI is InChI=1S/C14H17NS/c1-14(2,15-3)13-10-9-12(16-13)11-7-5-4-6-8-11/h4-10,15H,1-3H3. The molecule has 2 rings (SSSR count). The molecule has 1 nitrogen and oxygen atoms in total. The lowest BCUT2D eigenvalue weighted by Gasteiger charge is -2.22. The van der Waals surface area contributed by atoms with Gasteiger partial charge in [0.15, 0.2) is 0 Å². The SMILES string of the molecule is CNC(C)(C)c1ccc(-c2ccccc2)s1. The van der Waals surface area contributed by atoms with E-state index in [1.807, 2.05) is 18.4 Å². The molecule has 2 aromatic rings. The van der Waals surface area contributed by atoms with Crippen LogP contribution in [0.4, 0.5) is 0 Å². The summed E-state index contributed by atoms with van der Waals surface area (Å²) in [5, 5.41) is 3.33. The minimum atomic E-state index is 0.0533. The monoisotopic (exact) mass is 231 g/mol. The van der Waals surface area contributed by atoms with Crippen LogP contribution in [-0.4, -0.2) is 7.05 Å². The first-order valence-corrected chi connectivity index (χ1v) is 6.30. The molecule has 0 aliphatic heterocycles. The molecule has 0 atom stereocenters. The van der Waals surface area contributed by atoms with Crippen molar-refractivity contribution in [3.05, 3.63) is 47.3 Å². The fourth-order valence-corrected chi connectivity index (χ4v) is 2.67. The van der Waals surface area contributed by atoms with Crippen molar-refractivity contribution in [2.45, 2.75) is 19.4 Å². The van der Waals surface area contributed by atoms with Gasteiger partial charge in [-0.15, -0.1) is 11.3 Å². The largest absolute Gasteiger partial charge is 0.310 e. The van der Waals surface area contributed by atoms with Crippen LogP contribution < -0.4 is 5.32 Å². The lowest BCUT2D eigenvalue weighted by molar-refractivity contribution is 0.454. The van der Waals surface area contributed by atoms with Crippen molar-refractivity contribution in [1.29, 1.82) is 0 Å². The van der Waals surface area contributed by atoms with Gasteiger partial charge in [0.1, 0.15) is 0 Å². The number of hydrogen-bond donors (Lipinski definition) is 1. The quantitative estimate of drug-likeness (QED) is 0.845. The van der Waals surface area contributed by atoms with Crippen LogP contribution in [0.25, 0.3) is 10.4 Å². The second-order valence-electron chi connectivity index (χ2n) is 4.40. The Morgan fingerprint density at radius 1 is 1.00 bits per heavy atom. The fraction of sp³-hybridized carbons (Fsp3) is 0.286. The van der Waals surface area contributed by atoms with Crippen LogP contribution in [0.2, 0.25) is 0 Å². The second-order valence-corrected chi connectivity index (χ2v) is 5.49. The van der Waals surface area contributed by atoms with E-state index in [0.29, 0.717) is 0 Å². The van der Waals surface area contributed by atoms with Crippen molar-refractivity contribution >= 4 is 11.3 Å². The molecule has 0 radical (unpaired) electrons. The van der Waals surface area contributed by atoms with Crippen molar-refractivity contribution in [2.24, 2.45) is 0 Å². The Kier molecular flexibility index (Phi) is 3.13. The average molecular weight is 231 g/mol. The average Bonchev–Trinajstić information content (AvgIpc) is 2.80. The van der Waals surface area contributed by atoms with Crippen LogP contribution in [0.3, 0.4) is 0 Å². The van der Waals surface area contributed by atoms with Gasteiger partial charge in [0.05, 0.1) is 0 Å². The molecule has 0 saturated carbocycles. The summed E-state index contributed by atoms with van der Waals surface area (Å²) >= 11 is 1.85. The molecule has 2 heteroatoms. The Hall–Kier alpha value is -1.12. The zero-order chi connectivity index (χ0) is 11.6. The Morgan fingerprint density at radius 3 is 2.31 bits per heavy atom. The number of thiophene rings is 1. The van der Waals surface area contributed by atoms with E-state index in [2.05, 4.69) is 61.6 Å². The molecule has 0 fully saturated rings. The molecule has 0 spiro atoms. The number of nitrogens with one attached hydrogen (secondary N) is 1. The molecule has 1 N–H and O–H groups in total. The van der Waals surface area contributed by atoms with E-state index in [-0.39, 0.29) is 5.54 Å². The lowest BCUT2D eigenvalue weighted by Crippen LogP contribution is -2.31. The summed E-state index contributed by atoms with van der Waals surface area (Å²) in [7, 11) is 2.00. The van der Waals surface area contributed by atoms with E-state index >= 15 is 0 Å². The highest BCUT2D eigenvalue weighted by atomic mass is 32.1. The number of hydrogen-bond acceptors (Lipinski definition) is 2. The third kappa shape index (κ3) is 2.18. The predicted octanol–water partition coefficient (Wildman–Crippen LogP) is 3.87. The molecule has 0 amide bonds. The van der Waals surface area contributed by atoms with Gasteiger partial charge in [-0.05, 0) is 38.6 Å². The van der Waals surface area contributed by atoms with Crippen molar-refractivity contribution in [2.75, 3.05) is 7.05 Å². The second kappa shape index (κ2) is 4.40. The maximum Gasteiger partial charge on any atom is 0.0469 e. The first kappa shape index (κ1) is 11.4. The molecule has 1 aromatic heterocycles. The Bertz CT molecular complexity index is 457. The third-order valence-corrected chi connectivity index (χ3v) is 4.36. The van der Waals surface area contributed by atoms with Crippen LogP contribution in [0.1, 0.15) is 18.7 Å². The van der Waals surface area contributed by atoms with Gasteiger partial charge < -0.3 is 5.32 Å². The summed E-state index contributed by atoms with van der Waals surface area (Å²) in [5.74, 6) is 0. The van der Waals surface area contributed by atoms with Gasteiger partial charge in [0.25, 0.3) is 0 Å². The Balaban J connectivity index is 2.34. The molecular formula is C14H17NS. The summed E-state index contributed by atoms with van der Waals surface area (Å²) < 4.78 is 0. The van der Waals surface area contributed by atoms with Gasteiger partial charge in [0.2, 0.25) is 0 Å². The van der Waals surface area contributed by atoms with Crippen molar-refractivity contribution in [3.63, 3.8) is 0 Å². The van der Waals surface area contributed by atoms with Gasteiger partial charge >= 0.3 is 0 Å². The molecule has 84 valence electrons. The predicted molar refractivity (Wildman–Crippen MR) is 71.8 cm³/mol. The van der Waals surface area contributed by atoms with Gasteiger partial charge in [-0.2, -0.15) is 0 Å². The molecule has 1 aromatic carbocycles. The van der Waals surface area contributed by atoms with Crippen LogP contribution in [-0.2, 0) is 5.54 Å². The number of rotatable bonds is 3. The van der Waals surface area contributed by atoms with Crippen LogP contribution >= 0.6 is 11.3 Å². The molecule has 1 heterocycles. The molecule has 0 saturated heterocycles. The van der Waals surface area contributed by atoms with Crippen LogP contribution in [0, 0.1) is 0 Å². The van der Waals surface area contributed by atoms with Crippen molar-refractivity contribution < 1.29 is 0 Å². The molecule has 16 heavy (non-hydrogen) atoms. The first-order chi connectivity index (χ1) is 7.63. The van der Waals surface area contributed by atoms with E-state index < -0.39 is 0 Å². The van der Waals surface area contributed by atoms with Gasteiger partial charge in [-0.25, -0.2) is 0 Å². The van der Waals surface area contributed by atoms with E-state index in [1.54, 1.807) is 0 Å². The summed E-state index contributed by atoms with van der Waals surface area (Å²) in [4.78, 5) is 2.70. The van der Waals surface area contributed by atoms with E-state index in [1.165, 1.54) is 15.3 Å². The van der Waals surface area contributed by atoms with Gasteiger partial charge in [-0.1, -0.05) is 30.3 Å². The molecule has 0 unspecified atom stereocenters. The highest BCUT2D eigenvalue weighted by molar-refractivity contribution is 7.15. The maximum atomic E-state index is 3.33. The van der Waals surface area contributed by atoms with E-state index in [0.717, 1.165) is 0 Å². The maximum absolute atomic E-state index is 3.33. The zero-order valence-corrected chi connectivity index (χ0v) is 10.8. The topological polar surface area (TPSA) is 12.0 Å². The lowest BCUT2D eigenvalue weighted by atomic mass is 10.0. The number of benzene rings is 1. The van der Waals surface area contributed by atoms with Gasteiger partial charge in [0, 0.05) is 15.3 Å². The molecule has 0 bridgehead atoms. The van der Waals surface area contributed by atoms with Gasteiger partial charge in [-0.3, -0.25) is 0 Å². The normalized spacial score (nSPS) is 11.7. The van der Waals surface area contributed by atoms with Crippen molar-refractivity contribution in [3.8, 4) is 10.4 Å². The molecule has 0 aliphatic rings. The summed E-state index contributed by atoms with van der Waals surface area (Å²) in [6, 6.07) is 14.9. The highest BCUT2D eigenvalue weighted by Crippen LogP contribution is 2.33. The fourth-order valence-electron chi connectivity index (χ4n) is 1.55. The summed E-state index contributed by atoms with van der Waals surface area (Å²) in [6.07, 6.45) is 0. The minimum Gasteiger partial charge on any atom is -0.310 e. The van der Waals surface area contributed by atoms with E-state index in [4.69, 9.17) is 0 Å². The third-order valence-electron chi connectivity index (χ3n) is 2.91. The van der Waals surface area contributed by atoms with Crippen LogP contribution in [0.15, 0.2) is 42.5 Å². The highest BCUT2D eigenvalue weighted by Gasteiger charge is 2.19. The Labute approximate surface area is 101 Å².